The van der Waals surface area contributed by atoms with Gasteiger partial charge in [-0.15, -0.1) is 10.2 Å². The summed E-state index contributed by atoms with van der Waals surface area (Å²) in [6.07, 6.45) is 2.87. The first-order valence-corrected chi connectivity index (χ1v) is 9.40. The molecule has 2 heterocycles. The van der Waals surface area contributed by atoms with Gasteiger partial charge in [0.15, 0.2) is 5.82 Å². The molecule has 0 aliphatic rings. The summed E-state index contributed by atoms with van der Waals surface area (Å²) < 4.78 is 6.66. The molecule has 0 radical (unpaired) electrons. The summed E-state index contributed by atoms with van der Waals surface area (Å²) in [5.74, 6) is 0.782. The third-order valence-electron chi connectivity index (χ3n) is 4.31. The molecule has 0 spiro atoms. The molecule has 3 aromatic rings. The van der Waals surface area contributed by atoms with Crippen LogP contribution >= 0.6 is 11.6 Å². The van der Waals surface area contributed by atoms with Crippen LogP contribution in [0.25, 0.3) is 5.82 Å². The summed E-state index contributed by atoms with van der Waals surface area (Å²) in [4.78, 5) is 12.8. The lowest BCUT2D eigenvalue weighted by Gasteiger charge is -2.14. The smallest absolute Gasteiger partial charge is 0.254 e. The van der Waals surface area contributed by atoms with Gasteiger partial charge in [0.05, 0.1) is 24.6 Å². The van der Waals surface area contributed by atoms with Crippen molar-refractivity contribution in [2.24, 2.45) is 0 Å². The maximum Gasteiger partial charge on any atom is 0.254 e. The van der Waals surface area contributed by atoms with Crippen molar-refractivity contribution in [2.45, 2.75) is 32.7 Å². The Kier molecular flexibility index (Phi) is 6.26. The van der Waals surface area contributed by atoms with E-state index >= 15 is 0 Å². The average molecular weight is 400 g/mol. The normalized spacial score (nSPS) is 11.9. The fourth-order valence-corrected chi connectivity index (χ4v) is 3.22. The van der Waals surface area contributed by atoms with Crippen LogP contribution in [0.5, 0.6) is 5.88 Å². The number of carbonyl (C=O) groups is 1. The number of aromatic nitrogens is 4. The van der Waals surface area contributed by atoms with Gasteiger partial charge in [0.25, 0.3) is 5.91 Å². The third-order valence-corrected chi connectivity index (χ3v) is 4.54. The fraction of sp³-hybridized carbons (Fsp3) is 0.300. The highest BCUT2D eigenvalue weighted by atomic mass is 35.5. The number of rotatable bonds is 7. The first-order chi connectivity index (χ1) is 13.5. The average Bonchev–Trinajstić information content (AvgIpc) is 3.12. The quantitative estimate of drug-likeness (QED) is 0.659. The monoisotopic (exact) mass is 399 g/mol. The molecular weight excluding hydrogens is 378 g/mol. The van der Waals surface area contributed by atoms with Crippen molar-refractivity contribution < 1.29 is 9.53 Å². The van der Waals surface area contributed by atoms with Crippen LogP contribution in [-0.2, 0) is 12.8 Å². The number of benzene rings is 1. The van der Waals surface area contributed by atoms with Gasteiger partial charge in [-0.05, 0) is 43.5 Å². The van der Waals surface area contributed by atoms with E-state index in [-0.39, 0.29) is 11.9 Å². The molecule has 1 N–H and O–H groups in total. The van der Waals surface area contributed by atoms with Crippen LogP contribution in [0.3, 0.4) is 0 Å². The zero-order valence-corrected chi connectivity index (χ0v) is 16.8. The van der Waals surface area contributed by atoms with Crippen molar-refractivity contribution in [3.8, 4) is 11.7 Å². The second-order valence-corrected chi connectivity index (χ2v) is 6.85. The number of amides is 1. The van der Waals surface area contributed by atoms with E-state index in [1.807, 2.05) is 38.1 Å². The standard InChI is InChI=1S/C20H22ClN5O2/c1-4-17-16(12-22-26(17)18-8-9-19(28-3)25-24-18)20(27)23-13(2)10-14-6-5-7-15(21)11-14/h5-9,11-13H,4,10H2,1-3H3,(H,23,27). The first-order valence-electron chi connectivity index (χ1n) is 9.02. The Morgan fingerprint density at radius 1 is 1.29 bits per heavy atom. The molecular formula is C20H22ClN5O2. The minimum atomic E-state index is -0.168. The molecule has 2 aromatic heterocycles. The number of hydrogen-bond acceptors (Lipinski definition) is 5. The van der Waals surface area contributed by atoms with Crippen molar-refractivity contribution in [2.75, 3.05) is 7.11 Å². The number of ether oxygens (including phenoxy) is 1. The van der Waals surface area contributed by atoms with Crippen LogP contribution in [0.15, 0.2) is 42.6 Å². The van der Waals surface area contributed by atoms with Crippen LogP contribution in [0.4, 0.5) is 0 Å². The number of hydrogen-bond donors (Lipinski definition) is 1. The fourth-order valence-electron chi connectivity index (χ4n) is 3.01. The molecule has 0 saturated heterocycles. The highest BCUT2D eigenvalue weighted by Gasteiger charge is 2.19. The molecule has 1 atom stereocenters. The SMILES string of the molecule is CCc1c(C(=O)NC(C)Cc2cccc(Cl)c2)cnn1-c1ccc(OC)nn1. The predicted octanol–water partition coefficient (Wildman–Crippen LogP) is 3.25. The van der Waals surface area contributed by atoms with Gasteiger partial charge in [0.2, 0.25) is 5.88 Å². The zero-order chi connectivity index (χ0) is 20.1. The lowest BCUT2D eigenvalue weighted by molar-refractivity contribution is 0.0939. The minimum absolute atomic E-state index is 0.0557. The molecule has 28 heavy (non-hydrogen) atoms. The number of halogens is 1. The third kappa shape index (κ3) is 4.48. The molecule has 7 nitrogen and oxygen atoms in total. The summed E-state index contributed by atoms with van der Waals surface area (Å²) >= 11 is 6.03. The Balaban J connectivity index is 1.75. The van der Waals surface area contributed by atoms with Crippen molar-refractivity contribution in [1.29, 1.82) is 0 Å². The van der Waals surface area contributed by atoms with E-state index < -0.39 is 0 Å². The molecule has 1 unspecified atom stereocenters. The van der Waals surface area contributed by atoms with E-state index in [1.54, 1.807) is 23.0 Å². The van der Waals surface area contributed by atoms with Gasteiger partial charge < -0.3 is 10.1 Å². The number of methoxy groups -OCH3 is 1. The zero-order valence-electron chi connectivity index (χ0n) is 16.0. The van der Waals surface area contributed by atoms with Crippen molar-refractivity contribution in [1.82, 2.24) is 25.3 Å². The Labute approximate surface area is 168 Å². The molecule has 1 amide bonds. The lowest BCUT2D eigenvalue weighted by atomic mass is 10.1. The summed E-state index contributed by atoms with van der Waals surface area (Å²) in [5, 5.41) is 16.1. The van der Waals surface area contributed by atoms with Gasteiger partial charge in [-0.3, -0.25) is 4.79 Å². The molecule has 1 aromatic carbocycles. The van der Waals surface area contributed by atoms with Crippen LogP contribution in [0.1, 0.15) is 35.5 Å². The molecule has 0 aliphatic heterocycles. The Morgan fingerprint density at radius 2 is 2.11 bits per heavy atom. The van der Waals surface area contributed by atoms with Gasteiger partial charge in [-0.25, -0.2) is 4.68 Å². The van der Waals surface area contributed by atoms with Gasteiger partial charge >= 0.3 is 0 Å². The van der Waals surface area contributed by atoms with Gasteiger partial charge in [-0.1, -0.05) is 30.7 Å². The molecule has 0 saturated carbocycles. The highest BCUT2D eigenvalue weighted by molar-refractivity contribution is 6.30. The predicted molar refractivity (Wildman–Crippen MR) is 107 cm³/mol. The van der Waals surface area contributed by atoms with E-state index in [9.17, 15) is 4.79 Å². The first kappa shape index (κ1) is 19.8. The number of nitrogens with zero attached hydrogens (tertiary/aromatic N) is 4. The van der Waals surface area contributed by atoms with Crippen LogP contribution in [0, 0.1) is 0 Å². The molecule has 8 heteroatoms. The van der Waals surface area contributed by atoms with E-state index in [2.05, 4.69) is 20.6 Å². The van der Waals surface area contributed by atoms with Crippen LogP contribution < -0.4 is 10.1 Å². The molecule has 146 valence electrons. The maximum absolute atomic E-state index is 12.8. The molecule has 0 bridgehead atoms. The number of nitrogens with one attached hydrogen (secondary N) is 1. The van der Waals surface area contributed by atoms with Crippen molar-refractivity contribution in [3.63, 3.8) is 0 Å². The largest absolute Gasteiger partial charge is 0.480 e. The summed E-state index contributed by atoms with van der Waals surface area (Å²) in [6, 6.07) is 11.0. The lowest BCUT2D eigenvalue weighted by Crippen LogP contribution is -2.34. The van der Waals surface area contributed by atoms with Gasteiger partial charge in [0, 0.05) is 17.1 Å². The molecule has 0 aliphatic carbocycles. The van der Waals surface area contributed by atoms with Gasteiger partial charge in [-0.2, -0.15) is 5.10 Å². The van der Waals surface area contributed by atoms with E-state index in [1.165, 1.54) is 7.11 Å². The molecule has 0 fully saturated rings. The van der Waals surface area contributed by atoms with Gasteiger partial charge in [0.1, 0.15) is 0 Å². The second kappa shape index (κ2) is 8.84. The second-order valence-electron chi connectivity index (χ2n) is 6.41. The van der Waals surface area contributed by atoms with Crippen LogP contribution in [0.2, 0.25) is 5.02 Å². The Bertz CT molecular complexity index is 955. The highest BCUT2D eigenvalue weighted by Crippen LogP contribution is 2.16. The van der Waals surface area contributed by atoms with E-state index in [0.717, 1.165) is 11.3 Å². The van der Waals surface area contributed by atoms with E-state index in [4.69, 9.17) is 16.3 Å². The number of carbonyl (C=O) groups excluding carboxylic acids is 1. The minimum Gasteiger partial charge on any atom is -0.480 e. The topological polar surface area (TPSA) is 81.9 Å². The Morgan fingerprint density at radius 3 is 2.75 bits per heavy atom. The Hall–Kier alpha value is -2.93. The van der Waals surface area contributed by atoms with Crippen molar-refractivity contribution in [3.05, 3.63) is 64.4 Å². The molecule has 3 rings (SSSR count). The summed E-state index contributed by atoms with van der Waals surface area (Å²) in [5.41, 5.74) is 2.37. The summed E-state index contributed by atoms with van der Waals surface area (Å²) in [6.45, 7) is 3.93. The maximum atomic E-state index is 12.8. The van der Waals surface area contributed by atoms with Crippen LogP contribution in [-0.4, -0.2) is 39.0 Å². The summed E-state index contributed by atoms with van der Waals surface area (Å²) in [7, 11) is 1.53. The van der Waals surface area contributed by atoms with Crippen molar-refractivity contribution >= 4 is 17.5 Å². The van der Waals surface area contributed by atoms with E-state index in [0.29, 0.717) is 35.1 Å².